The topological polar surface area (TPSA) is 89.6 Å². The molecule has 0 saturated carbocycles. The number of pyridine rings is 1. The van der Waals surface area contributed by atoms with E-state index in [2.05, 4.69) is 15.2 Å². The summed E-state index contributed by atoms with van der Waals surface area (Å²) in [5.74, 6) is 0.0923. The van der Waals surface area contributed by atoms with Crippen LogP contribution in [0.25, 0.3) is 0 Å². The van der Waals surface area contributed by atoms with Crippen molar-refractivity contribution >= 4 is 58.6 Å². The lowest BCUT2D eigenvalue weighted by atomic mass is 9.83. The second kappa shape index (κ2) is 7.70. The zero-order valence-electron chi connectivity index (χ0n) is 12.8. The number of halogens is 3. The molecular weight excluding hydrogens is 389 g/mol. The number of thiophene rings is 1. The lowest BCUT2D eigenvalue weighted by Gasteiger charge is -2.25. The molecule has 1 aliphatic rings. The molecule has 0 radical (unpaired) electrons. The normalized spacial score (nSPS) is 18.0. The number of fused-ring (bicyclic) bond motifs is 1. The van der Waals surface area contributed by atoms with Crippen molar-refractivity contribution in [3.63, 3.8) is 0 Å². The van der Waals surface area contributed by atoms with Crippen molar-refractivity contribution in [2.24, 2.45) is 21.7 Å². The fourth-order valence-corrected chi connectivity index (χ4v) is 4.57. The molecule has 24 heavy (non-hydrogen) atoms. The number of nitrogens with two attached hydrogens (primary N) is 2. The summed E-state index contributed by atoms with van der Waals surface area (Å²) in [6, 6.07) is 3.73. The number of aromatic nitrogens is 1. The first-order chi connectivity index (χ1) is 11.0. The molecule has 2 aromatic heterocycles. The SMILES string of the molecule is Cc1ccnc2c1/C(=N\N=C(N)N)CC(c1sc(Cl)cc1Cl)C2.Cl. The minimum Gasteiger partial charge on any atom is -0.369 e. The molecule has 0 bridgehead atoms. The first-order valence-electron chi connectivity index (χ1n) is 7.00. The molecule has 0 aromatic carbocycles. The van der Waals surface area contributed by atoms with E-state index in [1.54, 1.807) is 12.3 Å². The third-order valence-corrected chi connectivity index (χ3v) is 5.60. The number of nitrogens with zero attached hydrogens (tertiary/aromatic N) is 3. The maximum absolute atomic E-state index is 6.31. The smallest absolute Gasteiger partial charge is 0.211 e. The number of hydrogen-bond donors (Lipinski definition) is 2. The molecule has 1 unspecified atom stereocenters. The van der Waals surface area contributed by atoms with Gasteiger partial charge in [0.2, 0.25) is 5.96 Å². The summed E-state index contributed by atoms with van der Waals surface area (Å²) in [7, 11) is 0. The lowest BCUT2D eigenvalue weighted by Crippen LogP contribution is -2.24. The monoisotopic (exact) mass is 403 g/mol. The number of aryl methyl sites for hydroxylation is 1. The van der Waals surface area contributed by atoms with E-state index in [9.17, 15) is 0 Å². The van der Waals surface area contributed by atoms with Gasteiger partial charge >= 0.3 is 0 Å². The molecule has 0 aliphatic heterocycles. The van der Waals surface area contributed by atoms with E-state index >= 15 is 0 Å². The average molecular weight is 405 g/mol. The molecule has 0 saturated heterocycles. The fraction of sp³-hybridized carbons (Fsp3) is 0.267. The zero-order chi connectivity index (χ0) is 16.6. The van der Waals surface area contributed by atoms with Gasteiger partial charge in [-0.3, -0.25) is 4.98 Å². The van der Waals surface area contributed by atoms with Crippen molar-refractivity contribution in [1.82, 2.24) is 4.98 Å². The van der Waals surface area contributed by atoms with Gasteiger partial charge in [-0.2, -0.15) is 5.10 Å². The van der Waals surface area contributed by atoms with Crippen molar-refractivity contribution in [3.05, 3.63) is 49.4 Å². The minimum absolute atomic E-state index is 0. The van der Waals surface area contributed by atoms with Gasteiger partial charge in [0, 0.05) is 29.0 Å². The summed E-state index contributed by atoms with van der Waals surface area (Å²) in [6.45, 7) is 2.03. The van der Waals surface area contributed by atoms with Gasteiger partial charge in [0.15, 0.2) is 0 Å². The first kappa shape index (κ1) is 19.0. The highest BCUT2D eigenvalue weighted by atomic mass is 35.5. The van der Waals surface area contributed by atoms with Crippen molar-refractivity contribution in [3.8, 4) is 0 Å². The maximum Gasteiger partial charge on any atom is 0.211 e. The predicted octanol–water partition coefficient (Wildman–Crippen LogP) is 3.89. The summed E-state index contributed by atoms with van der Waals surface area (Å²) < 4.78 is 0.677. The van der Waals surface area contributed by atoms with Gasteiger partial charge in [0.25, 0.3) is 0 Å². The van der Waals surface area contributed by atoms with Gasteiger partial charge in [0.05, 0.1) is 20.8 Å². The second-order valence-corrected chi connectivity index (χ2v) is 7.51. The quantitative estimate of drug-likeness (QED) is 0.452. The Morgan fingerprint density at radius 1 is 1.33 bits per heavy atom. The van der Waals surface area contributed by atoms with E-state index in [0.717, 1.165) is 33.8 Å². The Hall–Kier alpha value is -1.34. The third kappa shape index (κ3) is 3.83. The van der Waals surface area contributed by atoms with Crippen LogP contribution in [-0.4, -0.2) is 16.7 Å². The van der Waals surface area contributed by atoms with Crippen LogP contribution in [0.5, 0.6) is 0 Å². The van der Waals surface area contributed by atoms with E-state index in [-0.39, 0.29) is 24.3 Å². The van der Waals surface area contributed by atoms with Crippen LogP contribution in [0.15, 0.2) is 28.5 Å². The zero-order valence-corrected chi connectivity index (χ0v) is 15.9. The molecule has 0 spiro atoms. The van der Waals surface area contributed by atoms with E-state index in [0.29, 0.717) is 15.8 Å². The lowest BCUT2D eigenvalue weighted by molar-refractivity contribution is 0.689. The van der Waals surface area contributed by atoms with E-state index < -0.39 is 0 Å². The molecule has 0 amide bonds. The predicted molar refractivity (Wildman–Crippen MR) is 104 cm³/mol. The summed E-state index contributed by atoms with van der Waals surface area (Å²) in [6.07, 6.45) is 3.28. The highest BCUT2D eigenvalue weighted by Gasteiger charge is 2.29. The second-order valence-electron chi connectivity index (χ2n) is 5.39. The Balaban J connectivity index is 0.00000208. The molecule has 2 heterocycles. The first-order valence-corrected chi connectivity index (χ1v) is 8.58. The van der Waals surface area contributed by atoms with Crippen LogP contribution in [0.4, 0.5) is 0 Å². The standard InChI is InChI=1S/C15H15Cl2N5S.ClH/c1-7-2-3-20-10-4-8(14-9(16)6-12(17)23-14)5-11(13(7)10)21-22-15(18)19;/h2-3,6,8H,4-5H2,1H3,(H4,18,19,22);1H/b21-11-;. The molecule has 0 fully saturated rings. The van der Waals surface area contributed by atoms with Crippen molar-refractivity contribution < 1.29 is 0 Å². The fourth-order valence-electron chi connectivity index (χ4n) is 2.83. The molecule has 2 aromatic rings. The number of guanidine groups is 1. The van der Waals surface area contributed by atoms with Gasteiger partial charge in [-0.25, -0.2) is 0 Å². The maximum atomic E-state index is 6.31. The minimum atomic E-state index is -0.0695. The van der Waals surface area contributed by atoms with E-state index in [1.165, 1.54) is 11.3 Å². The van der Waals surface area contributed by atoms with Crippen LogP contribution in [-0.2, 0) is 6.42 Å². The van der Waals surface area contributed by atoms with Gasteiger partial charge in [-0.15, -0.1) is 28.8 Å². The van der Waals surface area contributed by atoms with Crippen molar-refractivity contribution in [2.45, 2.75) is 25.7 Å². The Bertz CT molecular complexity index is 811. The summed E-state index contributed by atoms with van der Waals surface area (Å²) >= 11 is 13.9. The summed E-state index contributed by atoms with van der Waals surface area (Å²) in [4.78, 5) is 5.55. The van der Waals surface area contributed by atoms with Crippen LogP contribution in [0, 0.1) is 6.92 Å². The Labute approximate surface area is 160 Å². The van der Waals surface area contributed by atoms with Crippen LogP contribution in [0.2, 0.25) is 9.36 Å². The largest absolute Gasteiger partial charge is 0.369 e. The highest BCUT2D eigenvalue weighted by Crippen LogP contribution is 2.42. The van der Waals surface area contributed by atoms with Gasteiger partial charge in [0.1, 0.15) is 0 Å². The van der Waals surface area contributed by atoms with Gasteiger partial charge in [-0.1, -0.05) is 23.2 Å². The van der Waals surface area contributed by atoms with E-state index in [1.807, 2.05) is 13.0 Å². The number of rotatable bonds is 2. The molecular formula is C15H16Cl3N5S. The molecule has 1 aliphatic carbocycles. The average Bonchev–Trinajstić information content (AvgIpc) is 2.83. The Morgan fingerprint density at radius 3 is 2.71 bits per heavy atom. The van der Waals surface area contributed by atoms with E-state index in [4.69, 9.17) is 34.7 Å². The molecule has 128 valence electrons. The molecule has 4 N–H and O–H groups in total. The van der Waals surface area contributed by atoms with Crippen LogP contribution in [0.1, 0.15) is 34.0 Å². The van der Waals surface area contributed by atoms with Crippen molar-refractivity contribution in [2.75, 3.05) is 0 Å². The van der Waals surface area contributed by atoms with Crippen LogP contribution in [0.3, 0.4) is 0 Å². The van der Waals surface area contributed by atoms with Gasteiger partial charge < -0.3 is 11.5 Å². The molecule has 9 heteroatoms. The van der Waals surface area contributed by atoms with Gasteiger partial charge in [-0.05, 0) is 31.0 Å². The Kier molecular flexibility index (Phi) is 6.09. The highest BCUT2D eigenvalue weighted by molar-refractivity contribution is 7.16. The molecule has 1 atom stereocenters. The number of hydrogen-bond acceptors (Lipinski definition) is 4. The molecule has 5 nitrogen and oxygen atoms in total. The third-order valence-electron chi connectivity index (χ3n) is 3.75. The van der Waals surface area contributed by atoms with Crippen LogP contribution >= 0.6 is 46.9 Å². The summed E-state index contributed by atoms with van der Waals surface area (Å²) in [5.41, 5.74) is 14.7. The summed E-state index contributed by atoms with van der Waals surface area (Å²) in [5, 5.41) is 8.74. The molecule has 3 rings (SSSR count). The van der Waals surface area contributed by atoms with Crippen LogP contribution < -0.4 is 11.5 Å². The Morgan fingerprint density at radius 2 is 2.08 bits per heavy atom. The van der Waals surface area contributed by atoms with Crippen molar-refractivity contribution in [1.29, 1.82) is 0 Å².